The van der Waals surface area contributed by atoms with Crippen molar-refractivity contribution in [1.29, 1.82) is 0 Å². The predicted octanol–water partition coefficient (Wildman–Crippen LogP) is 3.12. The molecule has 5 nitrogen and oxygen atoms in total. The van der Waals surface area contributed by atoms with Crippen LogP contribution in [-0.4, -0.2) is 15.1 Å². The molecule has 0 saturated heterocycles. The molecule has 3 aromatic rings. The third-order valence-electron chi connectivity index (χ3n) is 2.63. The maximum Gasteiger partial charge on any atom is 0.260 e. The van der Waals surface area contributed by atoms with Gasteiger partial charge in [0.05, 0.1) is 11.8 Å². The Morgan fingerprint density at radius 2 is 2.05 bits per heavy atom. The highest BCUT2D eigenvalue weighted by atomic mass is 127. The van der Waals surface area contributed by atoms with Crippen molar-refractivity contribution >= 4 is 28.3 Å². The summed E-state index contributed by atoms with van der Waals surface area (Å²) in [4.78, 5) is 8.14. The summed E-state index contributed by atoms with van der Waals surface area (Å²) in [6.07, 6.45) is 1.10. The second-order valence-electron chi connectivity index (χ2n) is 4.02. The highest BCUT2D eigenvalue weighted by molar-refractivity contribution is 14.1. The van der Waals surface area contributed by atoms with Gasteiger partial charge < -0.3 is 10.3 Å². The molecular formula is C13H8FIN4O. The third kappa shape index (κ3) is 2.48. The van der Waals surface area contributed by atoms with Crippen LogP contribution in [0.25, 0.3) is 23.0 Å². The summed E-state index contributed by atoms with van der Waals surface area (Å²) < 4.78 is 19.0. The van der Waals surface area contributed by atoms with Gasteiger partial charge in [0.2, 0.25) is 5.82 Å². The number of rotatable bonds is 2. The van der Waals surface area contributed by atoms with Crippen molar-refractivity contribution in [3.05, 3.63) is 45.9 Å². The number of halogens is 2. The van der Waals surface area contributed by atoms with Gasteiger partial charge >= 0.3 is 0 Å². The van der Waals surface area contributed by atoms with Gasteiger partial charge in [0, 0.05) is 9.26 Å². The quantitative estimate of drug-likeness (QED) is 0.545. The molecular weight excluding hydrogens is 374 g/mol. The molecule has 0 aliphatic heterocycles. The zero-order chi connectivity index (χ0) is 14.1. The van der Waals surface area contributed by atoms with Gasteiger partial charge in [0.1, 0.15) is 11.5 Å². The van der Waals surface area contributed by atoms with E-state index >= 15 is 0 Å². The number of aromatic nitrogens is 3. The molecule has 2 N–H and O–H groups in total. The summed E-state index contributed by atoms with van der Waals surface area (Å²) >= 11 is 2.17. The molecule has 0 unspecified atom stereocenters. The second-order valence-corrected chi connectivity index (χ2v) is 5.26. The molecule has 0 atom stereocenters. The minimum atomic E-state index is -0.417. The highest BCUT2D eigenvalue weighted by Crippen LogP contribution is 2.27. The van der Waals surface area contributed by atoms with Crippen LogP contribution in [0.2, 0.25) is 0 Å². The van der Waals surface area contributed by atoms with Gasteiger partial charge in [-0.25, -0.2) is 9.37 Å². The van der Waals surface area contributed by atoms with Crippen LogP contribution < -0.4 is 5.73 Å². The summed E-state index contributed by atoms with van der Waals surface area (Å²) in [5, 5.41) is 3.83. The molecule has 0 fully saturated rings. The first-order chi connectivity index (χ1) is 9.63. The zero-order valence-corrected chi connectivity index (χ0v) is 12.2. The Kier molecular flexibility index (Phi) is 3.35. The lowest BCUT2D eigenvalue weighted by atomic mass is 10.2. The number of nitrogens with two attached hydrogens (primary N) is 1. The molecule has 0 aliphatic carbocycles. The lowest BCUT2D eigenvalue weighted by Crippen LogP contribution is -1.91. The van der Waals surface area contributed by atoms with Crippen LogP contribution in [0.3, 0.4) is 0 Å². The molecule has 0 amide bonds. The Morgan fingerprint density at radius 3 is 2.80 bits per heavy atom. The fraction of sp³-hybridized carbons (Fsp3) is 0. The average Bonchev–Trinajstić information content (AvgIpc) is 2.92. The van der Waals surface area contributed by atoms with E-state index in [1.54, 1.807) is 6.07 Å². The van der Waals surface area contributed by atoms with E-state index in [-0.39, 0.29) is 0 Å². The molecule has 0 spiro atoms. The molecule has 2 heterocycles. The van der Waals surface area contributed by atoms with Crippen molar-refractivity contribution in [2.24, 2.45) is 0 Å². The molecule has 7 heteroatoms. The molecule has 1 aromatic carbocycles. The van der Waals surface area contributed by atoms with Crippen LogP contribution >= 0.6 is 22.6 Å². The minimum Gasteiger partial charge on any atom is -0.398 e. The maximum absolute atomic E-state index is 12.8. The van der Waals surface area contributed by atoms with Crippen molar-refractivity contribution in [3.8, 4) is 23.0 Å². The summed E-state index contributed by atoms with van der Waals surface area (Å²) in [5.74, 6) is 0.180. The minimum absolute atomic E-state index is 0.290. The van der Waals surface area contributed by atoms with E-state index in [0.29, 0.717) is 28.7 Å². The van der Waals surface area contributed by atoms with Gasteiger partial charge in [-0.15, -0.1) is 0 Å². The van der Waals surface area contributed by atoms with Crippen LogP contribution in [0.5, 0.6) is 0 Å². The van der Waals surface area contributed by atoms with Gasteiger partial charge in [-0.3, -0.25) is 0 Å². The summed E-state index contributed by atoms with van der Waals surface area (Å²) in [6, 6.07) is 8.29. The number of nitrogens with zero attached hydrogens (tertiary/aromatic N) is 3. The van der Waals surface area contributed by atoms with Gasteiger partial charge in [0.15, 0.2) is 0 Å². The Balaban J connectivity index is 2.01. The Hall–Kier alpha value is -2.03. The van der Waals surface area contributed by atoms with E-state index in [9.17, 15) is 4.39 Å². The molecule has 100 valence electrons. The normalized spacial score (nSPS) is 10.7. The van der Waals surface area contributed by atoms with E-state index < -0.39 is 5.82 Å². The van der Waals surface area contributed by atoms with Gasteiger partial charge in [-0.05, 0) is 52.9 Å². The van der Waals surface area contributed by atoms with E-state index in [1.807, 2.05) is 12.1 Å². The van der Waals surface area contributed by atoms with Gasteiger partial charge in [-0.2, -0.15) is 4.98 Å². The number of hydrogen-bond donors (Lipinski definition) is 1. The van der Waals surface area contributed by atoms with Crippen LogP contribution in [0.1, 0.15) is 0 Å². The molecule has 3 rings (SSSR count). The number of nitrogen functional groups attached to an aromatic ring is 1. The topological polar surface area (TPSA) is 77.8 Å². The molecule has 0 saturated carbocycles. The molecule has 0 radical (unpaired) electrons. The highest BCUT2D eigenvalue weighted by Gasteiger charge is 2.14. The maximum atomic E-state index is 12.8. The number of anilines is 1. The van der Waals surface area contributed by atoms with E-state index in [0.717, 1.165) is 9.77 Å². The lowest BCUT2D eigenvalue weighted by molar-refractivity contribution is 0.432. The Bertz CT molecular complexity index is 757. The molecule has 20 heavy (non-hydrogen) atoms. The first kappa shape index (κ1) is 13.0. The summed E-state index contributed by atoms with van der Waals surface area (Å²) in [7, 11) is 0. The fourth-order valence-electron chi connectivity index (χ4n) is 1.66. The predicted molar refractivity (Wildman–Crippen MR) is 80.1 cm³/mol. The fourth-order valence-corrected chi connectivity index (χ4v) is 2.15. The van der Waals surface area contributed by atoms with Crippen molar-refractivity contribution in [2.75, 3.05) is 5.73 Å². The number of benzene rings is 1. The summed E-state index contributed by atoms with van der Waals surface area (Å²) in [6.45, 7) is 0. The first-order valence-electron chi connectivity index (χ1n) is 5.64. The van der Waals surface area contributed by atoms with Crippen LogP contribution in [0, 0.1) is 9.39 Å². The number of hydrogen-bond acceptors (Lipinski definition) is 5. The van der Waals surface area contributed by atoms with E-state index in [2.05, 4.69) is 37.7 Å². The molecule has 0 bridgehead atoms. The van der Waals surface area contributed by atoms with Crippen molar-refractivity contribution in [2.45, 2.75) is 0 Å². The van der Waals surface area contributed by atoms with Crippen LogP contribution in [-0.2, 0) is 0 Å². The number of pyridine rings is 1. The zero-order valence-electron chi connectivity index (χ0n) is 10.0. The molecule has 0 aliphatic rings. The summed E-state index contributed by atoms with van der Waals surface area (Å²) in [5.41, 5.74) is 7.54. The van der Waals surface area contributed by atoms with Crippen LogP contribution in [0.15, 0.2) is 41.1 Å². The second kappa shape index (κ2) is 5.16. The SMILES string of the molecule is Nc1ccc(I)cc1-c1nc(-c2ccc(F)cn2)no1. The standard InChI is InChI=1S/C13H8FIN4O/c14-7-1-4-11(17-6-7)12-18-13(20-19-12)9-5-8(15)2-3-10(9)16/h1-6H,16H2. The van der Waals surface area contributed by atoms with Gasteiger partial charge in [-0.1, -0.05) is 5.16 Å². The van der Waals surface area contributed by atoms with Gasteiger partial charge in [0.25, 0.3) is 5.89 Å². The average molecular weight is 382 g/mol. The smallest absolute Gasteiger partial charge is 0.260 e. The van der Waals surface area contributed by atoms with E-state index in [4.69, 9.17) is 10.3 Å². The van der Waals surface area contributed by atoms with Crippen molar-refractivity contribution in [1.82, 2.24) is 15.1 Å². The molecule has 2 aromatic heterocycles. The third-order valence-corrected chi connectivity index (χ3v) is 3.30. The van der Waals surface area contributed by atoms with E-state index in [1.165, 1.54) is 12.1 Å². The first-order valence-corrected chi connectivity index (χ1v) is 6.72. The van der Waals surface area contributed by atoms with Crippen LogP contribution in [0.4, 0.5) is 10.1 Å². The Morgan fingerprint density at radius 1 is 1.20 bits per heavy atom. The van der Waals surface area contributed by atoms with Crippen molar-refractivity contribution < 1.29 is 8.91 Å². The monoisotopic (exact) mass is 382 g/mol. The Labute approximate surface area is 127 Å². The largest absolute Gasteiger partial charge is 0.398 e. The van der Waals surface area contributed by atoms with Crippen molar-refractivity contribution in [3.63, 3.8) is 0 Å². The lowest BCUT2D eigenvalue weighted by Gasteiger charge is -2.00.